The second-order valence-corrected chi connectivity index (χ2v) is 6.21. The fourth-order valence-electron chi connectivity index (χ4n) is 3.74. The molecule has 1 fully saturated rings. The first-order chi connectivity index (χ1) is 9.76. The number of hydrogen-bond acceptors (Lipinski definition) is 2. The molecular weight excluding hydrogens is 244 g/mol. The normalized spacial score (nSPS) is 19.4. The molecule has 2 atom stereocenters. The van der Waals surface area contributed by atoms with Crippen LogP contribution in [0.1, 0.15) is 57.4 Å². The van der Waals surface area contributed by atoms with E-state index in [0.29, 0.717) is 12.0 Å². The van der Waals surface area contributed by atoms with Crippen LogP contribution in [0.2, 0.25) is 0 Å². The first kappa shape index (κ1) is 15.5. The molecule has 2 unspecified atom stereocenters. The zero-order valence-electron chi connectivity index (χ0n) is 13.1. The van der Waals surface area contributed by atoms with Crippen molar-refractivity contribution in [3.8, 4) is 0 Å². The molecule has 2 nitrogen and oxygen atoms in total. The van der Waals surface area contributed by atoms with Gasteiger partial charge in [0.25, 0.3) is 0 Å². The van der Waals surface area contributed by atoms with Gasteiger partial charge in [-0.25, -0.2) is 0 Å². The molecule has 0 bridgehead atoms. The molecule has 0 amide bonds. The van der Waals surface area contributed by atoms with Crippen LogP contribution in [-0.4, -0.2) is 30.1 Å². The van der Waals surface area contributed by atoms with Gasteiger partial charge in [-0.3, -0.25) is 4.90 Å². The van der Waals surface area contributed by atoms with E-state index in [0.717, 1.165) is 19.1 Å². The molecule has 2 rings (SSSR count). The van der Waals surface area contributed by atoms with E-state index in [2.05, 4.69) is 49.1 Å². The van der Waals surface area contributed by atoms with E-state index in [9.17, 15) is 0 Å². The Balaban J connectivity index is 1.99. The summed E-state index contributed by atoms with van der Waals surface area (Å²) in [7, 11) is 0. The Morgan fingerprint density at radius 3 is 2.40 bits per heavy atom. The number of nitrogens with zero attached hydrogens (tertiary/aromatic N) is 1. The van der Waals surface area contributed by atoms with Gasteiger partial charge in [-0.05, 0) is 37.3 Å². The van der Waals surface area contributed by atoms with Gasteiger partial charge in [0.05, 0.1) is 0 Å². The van der Waals surface area contributed by atoms with Gasteiger partial charge >= 0.3 is 0 Å². The monoisotopic (exact) mass is 274 g/mol. The van der Waals surface area contributed by atoms with Crippen molar-refractivity contribution in [3.63, 3.8) is 0 Å². The lowest BCUT2D eigenvalue weighted by atomic mass is 9.92. The van der Waals surface area contributed by atoms with Crippen LogP contribution in [0.5, 0.6) is 0 Å². The molecule has 2 heteroatoms. The van der Waals surface area contributed by atoms with Crippen LogP contribution in [0, 0.1) is 0 Å². The van der Waals surface area contributed by atoms with E-state index in [1.165, 1.54) is 37.7 Å². The lowest BCUT2D eigenvalue weighted by Crippen LogP contribution is -2.46. The maximum Gasteiger partial charge on any atom is 0.0226 e. The van der Waals surface area contributed by atoms with Crippen LogP contribution < -0.4 is 5.73 Å². The third-order valence-electron chi connectivity index (χ3n) is 4.89. The zero-order valence-corrected chi connectivity index (χ0v) is 13.1. The first-order valence-corrected chi connectivity index (χ1v) is 8.27. The summed E-state index contributed by atoms with van der Waals surface area (Å²) in [4.78, 5) is 2.67. The van der Waals surface area contributed by atoms with Crippen LogP contribution in [0.25, 0.3) is 0 Å². The predicted octanol–water partition coefficient (Wildman–Crippen LogP) is 3.77. The zero-order chi connectivity index (χ0) is 14.4. The largest absolute Gasteiger partial charge is 0.329 e. The quantitative estimate of drug-likeness (QED) is 0.820. The molecule has 0 saturated heterocycles. The summed E-state index contributed by atoms with van der Waals surface area (Å²) in [6.07, 6.45) is 6.69. The summed E-state index contributed by atoms with van der Waals surface area (Å²) >= 11 is 0. The van der Waals surface area contributed by atoms with Crippen LogP contribution in [0.4, 0.5) is 0 Å². The Kier molecular flexibility index (Phi) is 6.06. The third kappa shape index (κ3) is 3.83. The fourth-order valence-corrected chi connectivity index (χ4v) is 3.74. The maximum absolute atomic E-state index is 6.10. The van der Waals surface area contributed by atoms with E-state index in [1.54, 1.807) is 0 Å². The van der Waals surface area contributed by atoms with Gasteiger partial charge in [-0.15, -0.1) is 0 Å². The average molecular weight is 274 g/mol. The minimum atomic E-state index is 0.526. The van der Waals surface area contributed by atoms with E-state index in [4.69, 9.17) is 5.73 Å². The number of benzene rings is 1. The molecule has 1 aliphatic rings. The van der Waals surface area contributed by atoms with Crippen molar-refractivity contribution >= 4 is 0 Å². The van der Waals surface area contributed by atoms with Crippen molar-refractivity contribution in [2.75, 3.05) is 13.1 Å². The molecule has 0 aliphatic heterocycles. The number of likely N-dealkylation sites (N-methyl/N-ethyl adjacent to an activating group) is 1. The Hall–Kier alpha value is -0.860. The highest BCUT2D eigenvalue weighted by atomic mass is 15.2. The van der Waals surface area contributed by atoms with Crippen molar-refractivity contribution < 1.29 is 0 Å². The Bertz CT molecular complexity index is 370. The highest BCUT2D eigenvalue weighted by molar-refractivity contribution is 5.19. The molecule has 0 spiro atoms. The highest BCUT2D eigenvalue weighted by Gasteiger charge is 2.27. The SMILES string of the molecule is CCN(C1CCCC1)C(CN)CC(C)c1ccccc1. The predicted molar refractivity (Wildman–Crippen MR) is 87.0 cm³/mol. The second kappa shape index (κ2) is 7.80. The molecular formula is C18H30N2. The van der Waals surface area contributed by atoms with Gasteiger partial charge in [0.2, 0.25) is 0 Å². The molecule has 0 radical (unpaired) electrons. The van der Waals surface area contributed by atoms with Gasteiger partial charge in [-0.2, -0.15) is 0 Å². The molecule has 1 aromatic carbocycles. The Morgan fingerprint density at radius 1 is 1.20 bits per heavy atom. The summed E-state index contributed by atoms with van der Waals surface area (Å²) in [6.45, 7) is 6.53. The van der Waals surface area contributed by atoms with Crippen LogP contribution in [0.15, 0.2) is 30.3 Å². The molecule has 2 N–H and O–H groups in total. The minimum Gasteiger partial charge on any atom is -0.329 e. The molecule has 112 valence electrons. The first-order valence-electron chi connectivity index (χ1n) is 8.27. The van der Waals surface area contributed by atoms with Crippen molar-refractivity contribution in [3.05, 3.63) is 35.9 Å². The van der Waals surface area contributed by atoms with E-state index in [1.807, 2.05) is 0 Å². The summed E-state index contributed by atoms with van der Waals surface area (Å²) in [5.74, 6) is 0.584. The summed E-state index contributed by atoms with van der Waals surface area (Å²) in [5, 5.41) is 0. The molecule has 0 aromatic heterocycles. The summed E-state index contributed by atoms with van der Waals surface area (Å²) in [6, 6.07) is 12.1. The van der Waals surface area contributed by atoms with E-state index < -0.39 is 0 Å². The molecule has 1 saturated carbocycles. The van der Waals surface area contributed by atoms with E-state index >= 15 is 0 Å². The Labute approximate surface area is 124 Å². The topological polar surface area (TPSA) is 29.3 Å². The van der Waals surface area contributed by atoms with Crippen molar-refractivity contribution in [1.29, 1.82) is 0 Å². The highest BCUT2D eigenvalue weighted by Crippen LogP contribution is 2.28. The summed E-state index contributed by atoms with van der Waals surface area (Å²) in [5.41, 5.74) is 7.54. The van der Waals surface area contributed by atoms with Gasteiger partial charge in [-0.1, -0.05) is 57.0 Å². The number of nitrogens with two attached hydrogens (primary N) is 1. The molecule has 1 aromatic rings. The second-order valence-electron chi connectivity index (χ2n) is 6.21. The number of rotatable bonds is 7. The smallest absolute Gasteiger partial charge is 0.0226 e. The lowest BCUT2D eigenvalue weighted by molar-refractivity contribution is 0.135. The standard InChI is InChI=1S/C18H30N2/c1-3-20(17-11-7-8-12-17)18(14-19)13-15(2)16-9-5-4-6-10-16/h4-6,9-10,15,17-18H,3,7-8,11-14,19H2,1-2H3. The maximum atomic E-state index is 6.10. The Morgan fingerprint density at radius 2 is 1.85 bits per heavy atom. The van der Waals surface area contributed by atoms with Crippen molar-refractivity contribution in [2.24, 2.45) is 5.73 Å². The van der Waals surface area contributed by atoms with Gasteiger partial charge < -0.3 is 5.73 Å². The summed E-state index contributed by atoms with van der Waals surface area (Å²) < 4.78 is 0. The minimum absolute atomic E-state index is 0.526. The lowest BCUT2D eigenvalue weighted by Gasteiger charge is -2.36. The third-order valence-corrected chi connectivity index (χ3v) is 4.89. The fraction of sp³-hybridized carbons (Fsp3) is 0.667. The van der Waals surface area contributed by atoms with Crippen LogP contribution in [0.3, 0.4) is 0 Å². The molecule has 0 heterocycles. The average Bonchev–Trinajstić information content (AvgIpc) is 3.01. The van der Waals surface area contributed by atoms with Crippen molar-refractivity contribution in [2.45, 2.75) is 64.0 Å². The van der Waals surface area contributed by atoms with Gasteiger partial charge in [0, 0.05) is 18.6 Å². The van der Waals surface area contributed by atoms with Gasteiger partial charge in [0.15, 0.2) is 0 Å². The van der Waals surface area contributed by atoms with E-state index in [-0.39, 0.29) is 0 Å². The molecule has 1 aliphatic carbocycles. The molecule has 20 heavy (non-hydrogen) atoms. The van der Waals surface area contributed by atoms with Crippen LogP contribution in [-0.2, 0) is 0 Å². The van der Waals surface area contributed by atoms with Gasteiger partial charge in [0.1, 0.15) is 0 Å². The van der Waals surface area contributed by atoms with Crippen molar-refractivity contribution in [1.82, 2.24) is 4.90 Å². The number of hydrogen-bond donors (Lipinski definition) is 1. The van der Waals surface area contributed by atoms with Crippen LogP contribution >= 0.6 is 0 Å².